The minimum absolute atomic E-state index is 0.0319. The number of nitrogens with one attached hydrogen (secondary N) is 2. The van der Waals surface area contributed by atoms with E-state index in [1.165, 1.54) is 5.57 Å². The highest BCUT2D eigenvalue weighted by Crippen LogP contribution is 2.59. The molecular weight excluding hydrogens is 296 g/mol. The van der Waals surface area contributed by atoms with E-state index < -0.39 is 0 Å². The zero-order valence-electron chi connectivity index (χ0n) is 14.2. The first-order valence-corrected chi connectivity index (χ1v) is 8.15. The Balaban J connectivity index is 2.03. The lowest BCUT2D eigenvalue weighted by atomic mass is 10.1. The molecule has 1 amide bonds. The minimum atomic E-state index is 0.0319. The van der Waals surface area contributed by atoms with Gasteiger partial charge in [-0.25, -0.2) is 0 Å². The normalized spacial score (nSPS) is 22.5. The maximum absolute atomic E-state index is 12.5. The number of allylic oxidation sites excluding steroid dienone is 2. The molecule has 22 heavy (non-hydrogen) atoms. The smallest absolute Gasteiger partial charge is 0.224 e. The van der Waals surface area contributed by atoms with Crippen molar-refractivity contribution in [2.24, 2.45) is 17.3 Å². The van der Waals surface area contributed by atoms with Crippen LogP contribution in [0.15, 0.2) is 11.6 Å². The van der Waals surface area contributed by atoms with Crippen molar-refractivity contribution < 1.29 is 4.79 Å². The fourth-order valence-electron chi connectivity index (χ4n) is 3.12. The maximum atomic E-state index is 12.5. The fourth-order valence-corrected chi connectivity index (χ4v) is 3.48. The summed E-state index contributed by atoms with van der Waals surface area (Å²) in [6, 6.07) is 0.217. The van der Waals surface area contributed by atoms with Gasteiger partial charge in [-0.3, -0.25) is 9.89 Å². The van der Waals surface area contributed by atoms with Crippen molar-refractivity contribution in [2.75, 3.05) is 0 Å². The van der Waals surface area contributed by atoms with Crippen LogP contribution in [0.2, 0.25) is 0 Å². The van der Waals surface area contributed by atoms with Gasteiger partial charge in [-0.1, -0.05) is 25.5 Å². The van der Waals surface area contributed by atoms with Crippen LogP contribution in [0.4, 0.5) is 0 Å². The lowest BCUT2D eigenvalue weighted by molar-refractivity contribution is -0.123. The second-order valence-corrected chi connectivity index (χ2v) is 7.58. The number of carbonyl (C=O) groups is 1. The summed E-state index contributed by atoms with van der Waals surface area (Å²) in [5, 5.41) is 10.0. The second kappa shape index (κ2) is 5.99. The highest BCUT2D eigenvalue weighted by atomic mass is 32.1. The monoisotopic (exact) mass is 322 g/mol. The Hall–Kier alpha value is -1.43. The van der Waals surface area contributed by atoms with Crippen LogP contribution >= 0.6 is 12.2 Å². The number of rotatable bonds is 5. The van der Waals surface area contributed by atoms with Crippen molar-refractivity contribution in [2.45, 2.75) is 54.1 Å². The molecule has 2 rings (SSSR count). The van der Waals surface area contributed by atoms with Crippen LogP contribution in [0.1, 0.15) is 53.4 Å². The Bertz CT molecular complexity index is 649. The van der Waals surface area contributed by atoms with E-state index >= 15 is 0 Å². The summed E-state index contributed by atoms with van der Waals surface area (Å²) in [5.41, 5.74) is 1.29. The lowest BCUT2D eigenvalue weighted by Gasteiger charge is -2.11. The first kappa shape index (κ1) is 16.9. The molecule has 1 fully saturated rings. The molecule has 0 radical (unpaired) electrons. The molecule has 1 aliphatic carbocycles. The van der Waals surface area contributed by atoms with Crippen molar-refractivity contribution in [1.29, 1.82) is 0 Å². The van der Waals surface area contributed by atoms with Gasteiger partial charge in [0.15, 0.2) is 10.6 Å². The summed E-state index contributed by atoms with van der Waals surface area (Å²) in [6.45, 7) is 12.9. The molecule has 2 atom stereocenters. The Kier molecular flexibility index (Phi) is 4.61. The number of hydrogen-bond donors (Lipinski definition) is 2. The van der Waals surface area contributed by atoms with Crippen LogP contribution in [-0.4, -0.2) is 20.7 Å². The summed E-state index contributed by atoms with van der Waals surface area (Å²) in [5.74, 6) is 1.22. The molecule has 2 N–H and O–H groups in total. The number of carbonyl (C=O) groups excluding carboxylic acids is 1. The molecular formula is C16H26N4OS. The third-order valence-corrected chi connectivity index (χ3v) is 4.71. The number of nitrogens with zero attached hydrogens (tertiary/aromatic N) is 2. The first-order chi connectivity index (χ1) is 10.2. The van der Waals surface area contributed by atoms with Gasteiger partial charge in [0.2, 0.25) is 5.91 Å². The van der Waals surface area contributed by atoms with E-state index in [0.717, 1.165) is 5.82 Å². The zero-order chi connectivity index (χ0) is 16.7. The summed E-state index contributed by atoms with van der Waals surface area (Å²) >= 11 is 5.22. The summed E-state index contributed by atoms with van der Waals surface area (Å²) in [7, 11) is 0. The minimum Gasteiger partial charge on any atom is -0.349 e. The quantitative estimate of drug-likeness (QED) is 0.645. The molecule has 1 heterocycles. The molecule has 0 aliphatic heterocycles. The van der Waals surface area contributed by atoms with E-state index in [4.69, 9.17) is 12.2 Å². The van der Waals surface area contributed by atoms with Crippen LogP contribution in [0.3, 0.4) is 0 Å². The van der Waals surface area contributed by atoms with E-state index in [2.05, 4.69) is 49.3 Å². The molecule has 0 spiro atoms. The molecule has 6 heteroatoms. The SMILES string of the molecule is CC(C)=C[C@@H]1[C@@H](C(=O)NCc2n[nH]c(=S)n2C(C)C)C1(C)C. The summed E-state index contributed by atoms with van der Waals surface area (Å²) in [4.78, 5) is 12.5. The van der Waals surface area contributed by atoms with Gasteiger partial charge in [0.05, 0.1) is 12.5 Å². The Labute approximate surface area is 137 Å². The van der Waals surface area contributed by atoms with Crippen LogP contribution < -0.4 is 5.32 Å². The molecule has 5 nitrogen and oxygen atoms in total. The van der Waals surface area contributed by atoms with Crippen molar-refractivity contribution >= 4 is 18.1 Å². The van der Waals surface area contributed by atoms with Crippen molar-refractivity contribution in [1.82, 2.24) is 20.1 Å². The summed E-state index contributed by atoms with van der Waals surface area (Å²) < 4.78 is 2.52. The standard InChI is InChI=1S/C16H26N4OS/c1-9(2)7-11-13(16(11,5)6)14(21)17-8-12-18-19-15(22)20(12)10(3)4/h7,10-11,13H,8H2,1-6H3,(H,17,21)(H,19,22)/t11-,13+/m1/s1. The number of aromatic nitrogens is 3. The van der Waals surface area contributed by atoms with Gasteiger partial charge in [-0.15, -0.1) is 0 Å². The average Bonchev–Trinajstić information content (AvgIpc) is 2.75. The lowest BCUT2D eigenvalue weighted by Crippen LogP contribution is -2.28. The van der Waals surface area contributed by atoms with Gasteiger partial charge in [-0.2, -0.15) is 5.10 Å². The fraction of sp³-hybridized carbons (Fsp3) is 0.688. The number of aromatic amines is 1. The zero-order valence-corrected chi connectivity index (χ0v) is 15.0. The van der Waals surface area contributed by atoms with Gasteiger partial charge in [0, 0.05) is 6.04 Å². The molecule has 0 unspecified atom stereocenters. The van der Waals surface area contributed by atoms with Gasteiger partial charge in [0.1, 0.15) is 0 Å². The Morgan fingerprint density at radius 2 is 2.14 bits per heavy atom. The Morgan fingerprint density at radius 3 is 2.68 bits per heavy atom. The number of H-pyrrole nitrogens is 1. The van der Waals surface area contributed by atoms with Crippen LogP contribution in [0.5, 0.6) is 0 Å². The predicted octanol–water partition coefficient (Wildman–Crippen LogP) is 3.38. The average molecular weight is 322 g/mol. The summed E-state index contributed by atoms with van der Waals surface area (Å²) in [6.07, 6.45) is 2.20. The molecule has 1 aliphatic rings. The maximum Gasteiger partial charge on any atom is 0.224 e. The topological polar surface area (TPSA) is 62.7 Å². The second-order valence-electron chi connectivity index (χ2n) is 7.20. The van der Waals surface area contributed by atoms with Crippen LogP contribution in [0.25, 0.3) is 0 Å². The van der Waals surface area contributed by atoms with E-state index in [1.807, 2.05) is 18.4 Å². The van der Waals surface area contributed by atoms with E-state index in [0.29, 0.717) is 17.2 Å². The van der Waals surface area contributed by atoms with Crippen molar-refractivity contribution in [3.63, 3.8) is 0 Å². The van der Waals surface area contributed by atoms with Crippen molar-refractivity contribution in [3.05, 3.63) is 22.2 Å². The van der Waals surface area contributed by atoms with Crippen LogP contribution in [-0.2, 0) is 11.3 Å². The first-order valence-electron chi connectivity index (χ1n) is 7.74. The highest BCUT2D eigenvalue weighted by Gasteiger charge is 2.60. The van der Waals surface area contributed by atoms with Gasteiger partial charge in [-0.05, 0) is 51.2 Å². The third kappa shape index (κ3) is 3.16. The molecule has 1 aromatic heterocycles. The number of hydrogen-bond acceptors (Lipinski definition) is 3. The number of amides is 1. The highest BCUT2D eigenvalue weighted by molar-refractivity contribution is 7.71. The van der Waals surface area contributed by atoms with E-state index in [-0.39, 0.29) is 23.3 Å². The Morgan fingerprint density at radius 1 is 1.50 bits per heavy atom. The van der Waals surface area contributed by atoms with Crippen LogP contribution in [0, 0.1) is 22.0 Å². The van der Waals surface area contributed by atoms with Gasteiger partial charge >= 0.3 is 0 Å². The van der Waals surface area contributed by atoms with E-state index in [1.54, 1.807) is 0 Å². The van der Waals surface area contributed by atoms with Gasteiger partial charge < -0.3 is 9.88 Å². The predicted molar refractivity (Wildman–Crippen MR) is 89.8 cm³/mol. The molecule has 0 saturated heterocycles. The largest absolute Gasteiger partial charge is 0.349 e. The molecule has 1 saturated carbocycles. The van der Waals surface area contributed by atoms with Crippen molar-refractivity contribution in [3.8, 4) is 0 Å². The third-order valence-electron chi connectivity index (χ3n) is 4.42. The molecule has 122 valence electrons. The van der Waals surface area contributed by atoms with Gasteiger partial charge in [0.25, 0.3) is 0 Å². The molecule has 1 aromatic rings. The molecule has 0 bridgehead atoms. The van der Waals surface area contributed by atoms with E-state index in [9.17, 15) is 4.79 Å². The molecule has 0 aromatic carbocycles.